The van der Waals surface area contributed by atoms with Gasteiger partial charge in [0.2, 0.25) is 0 Å². The molecular weight excluding hydrogens is 464 g/mol. The minimum Gasteiger partial charge on any atom is -0.389 e. The molecular formula is C21H21BrN6O3. The Morgan fingerprint density at radius 2 is 2.19 bits per heavy atom. The number of carbonyl (C=O) groups is 2. The first-order valence-corrected chi connectivity index (χ1v) is 10.4. The van der Waals surface area contributed by atoms with Crippen molar-refractivity contribution in [3.8, 4) is 0 Å². The summed E-state index contributed by atoms with van der Waals surface area (Å²) in [7, 11) is 0. The number of H-pyrrole nitrogens is 1. The van der Waals surface area contributed by atoms with Gasteiger partial charge in [-0.2, -0.15) is 0 Å². The van der Waals surface area contributed by atoms with Crippen LogP contribution in [0.2, 0.25) is 0 Å². The molecule has 10 heteroatoms. The van der Waals surface area contributed by atoms with Gasteiger partial charge in [-0.25, -0.2) is 4.68 Å². The van der Waals surface area contributed by atoms with Crippen molar-refractivity contribution in [2.45, 2.75) is 26.5 Å². The van der Waals surface area contributed by atoms with Crippen LogP contribution in [-0.4, -0.2) is 49.5 Å². The maximum absolute atomic E-state index is 12.8. The first-order valence-electron chi connectivity index (χ1n) is 9.66. The van der Waals surface area contributed by atoms with Gasteiger partial charge in [0.25, 0.3) is 11.8 Å². The van der Waals surface area contributed by atoms with E-state index in [4.69, 9.17) is 0 Å². The quantitative estimate of drug-likeness (QED) is 0.399. The fraction of sp³-hybridized carbons (Fsp3) is 0.238. The van der Waals surface area contributed by atoms with Crippen LogP contribution in [0.15, 0.2) is 35.1 Å². The first kappa shape index (κ1) is 21.0. The van der Waals surface area contributed by atoms with Crippen LogP contribution in [0.25, 0.3) is 11.6 Å². The number of aromatic nitrogens is 4. The zero-order valence-electron chi connectivity index (χ0n) is 16.9. The predicted molar refractivity (Wildman–Crippen MR) is 119 cm³/mol. The SMILES string of the molecule is Cc1[nH]c(C=C2C(=O)Nc3ccc(Br)cc32)c(C)c1C(=O)NCC(O)Cn1ccnn1. The first-order chi connectivity index (χ1) is 14.8. The number of fused-ring (bicyclic) bond motifs is 1. The molecule has 1 aromatic carbocycles. The van der Waals surface area contributed by atoms with Crippen LogP contribution in [0.1, 0.15) is 32.9 Å². The van der Waals surface area contributed by atoms with E-state index in [1.54, 1.807) is 19.2 Å². The third-order valence-corrected chi connectivity index (χ3v) is 5.62. The molecule has 31 heavy (non-hydrogen) atoms. The summed E-state index contributed by atoms with van der Waals surface area (Å²) in [6.45, 7) is 3.93. The smallest absolute Gasteiger partial charge is 0.256 e. The Kier molecular flexibility index (Phi) is 5.75. The number of amides is 2. The molecule has 160 valence electrons. The molecule has 1 unspecified atom stereocenters. The molecule has 4 rings (SSSR count). The molecule has 0 aliphatic carbocycles. The lowest BCUT2D eigenvalue weighted by atomic mass is 10.0. The normalized spacial score (nSPS) is 15.1. The number of carbonyl (C=O) groups excluding carboxylic acids is 2. The van der Waals surface area contributed by atoms with Crippen LogP contribution in [0.5, 0.6) is 0 Å². The third kappa shape index (κ3) is 4.30. The Morgan fingerprint density at radius 1 is 1.39 bits per heavy atom. The molecule has 0 saturated carbocycles. The van der Waals surface area contributed by atoms with E-state index in [0.717, 1.165) is 21.3 Å². The van der Waals surface area contributed by atoms with Crippen LogP contribution in [0.4, 0.5) is 5.69 Å². The summed E-state index contributed by atoms with van der Waals surface area (Å²) >= 11 is 3.44. The van der Waals surface area contributed by atoms with Crippen molar-refractivity contribution in [2.75, 3.05) is 11.9 Å². The standard InChI is InChI=1S/C21H21BrN6O3/c1-11-18(8-16-15-7-13(22)3-4-17(15)26-20(16)30)25-12(2)19(11)21(31)23-9-14(29)10-28-6-5-24-27-28/h3-8,14,25,29H,9-10H2,1-2H3,(H,23,31)(H,26,30). The summed E-state index contributed by atoms with van der Waals surface area (Å²) in [5.74, 6) is -0.491. The monoisotopic (exact) mass is 484 g/mol. The van der Waals surface area contributed by atoms with E-state index < -0.39 is 6.10 Å². The molecule has 1 aliphatic rings. The molecule has 0 fully saturated rings. The average Bonchev–Trinajstić information content (AvgIpc) is 3.40. The van der Waals surface area contributed by atoms with Crippen molar-refractivity contribution >= 4 is 45.1 Å². The molecule has 2 aromatic heterocycles. The van der Waals surface area contributed by atoms with Gasteiger partial charge in [0.1, 0.15) is 0 Å². The van der Waals surface area contributed by atoms with Gasteiger partial charge in [0, 0.05) is 39.9 Å². The highest BCUT2D eigenvalue weighted by molar-refractivity contribution is 9.10. The Balaban J connectivity index is 1.53. The molecule has 0 spiro atoms. The van der Waals surface area contributed by atoms with E-state index in [9.17, 15) is 14.7 Å². The Bertz CT molecular complexity index is 1180. The number of nitrogens with zero attached hydrogens (tertiary/aromatic N) is 3. The second-order valence-electron chi connectivity index (χ2n) is 7.35. The van der Waals surface area contributed by atoms with Crippen LogP contribution >= 0.6 is 15.9 Å². The van der Waals surface area contributed by atoms with Crippen molar-refractivity contribution in [3.05, 3.63) is 63.1 Å². The van der Waals surface area contributed by atoms with E-state index >= 15 is 0 Å². The van der Waals surface area contributed by atoms with Crippen molar-refractivity contribution in [3.63, 3.8) is 0 Å². The highest BCUT2D eigenvalue weighted by Gasteiger charge is 2.26. The fourth-order valence-electron chi connectivity index (χ4n) is 3.62. The summed E-state index contributed by atoms with van der Waals surface area (Å²) in [4.78, 5) is 28.4. The molecule has 4 N–H and O–H groups in total. The number of benzene rings is 1. The van der Waals surface area contributed by atoms with Crippen LogP contribution in [0, 0.1) is 13.8 Å². The fourth-order valence-corrected chi connectivity index (χ4v) is 3.98. The maximum atomic E-state index is 12.8. The van der Waals surface area contributed by atoms with Crippen molar-refractivity contribution in [2.24, 2.45) is 0 Å². The van der Waals surface area contributed by atoms with Gasteiger partial charge in [-0.3, -0.25) is 9.59 Å². The van der Waals surface area contributed by atoms with Crippen molar-refractivity contribution < 1.29 is 14.7 Å². The lowest BCUT2D eigenvalue weighted by Gasteiger charge is -2.12. The molecule has 3 heterocycles. The summed E-state index contributed by atoms with van der Waals surface area (Å²) in [6.07, 6.45) is 4.12. The van der Waals surface area contributed by atoms with Gasteiger partial charge >= 0.3 is 0 Å². The van der Waals surface area contributed by atoms with Gasteiger partial charge in [-0.1, -0.05) is 21.1 Å². The number of nitrogens with one attached hydrogen (secondary N) is 3. The van der Waals surface area contributed by atoms with Gasteiger partial charge in [0.15, 0.2) is 0 Å². The molecule has 0 radical (unpaired) electrons. The van der Waals surface area contributed by atoms with Crippen LogP contribution in [-0.2, 0) is 11.3 Å². The molecule has 0 saturated heterocycles. The van der Waals surface area contributed by atoms with E-state index in [1.807, 2.05) is 25.1 Å². The topological polar surface area (TPSA) is 125 Å². The van der Waals surface area contributed by atoms with Crippen LogP contribution < -0.4 is 10.6 Å². The number of anilines is 1. The molecule has 9 nitrogen and oxygen atoms in total. The lowest BCUT2D eigenvalue weighted by Crippen LogP contribution is -2.35. The zero-order valence-corrected chi connectivity index (χ0v) is 18.5. The summed E-state index contributed by atoms with van der Waals surface area (Å²) in [6, 6.07) is 5.59. The number of rotatable bonds is 6. The Morgan fingerprint density at radius 3 is 2.94 bits per heavy atom. The van der Waals surface area contributed by atoms with Crippen LogP contribution in [0.3, 0.4) is 0 Å². The predicted octanol–water partition coefficient (Wildman–Crippen LogP) is 2.27. The zero-order chi connectivity index (χ0) is 22.1. The maximum Gasteiger partial charge on any atom is 0.256 e. The highest BCUT2D eigenvalue weighted by atomic mass is 79.9. The Labute approximate surface area is 186 Å². The lowest BCUT2D eigenvalue weighted by molar-refractivity contribution is -0.110. The van der Waals surface area contributed by atoms with E-state index in [2.05, 4.69) is 41.9 Å². The summed E-state index contributed by atoms with van der Waals surface area (Å²) < 4.78 is 2.37. The summed E-state index contributed by atoms with van der Waals surface area (Å²) in [5, 5.41) is 23.2. The molecule has 1 aliphatic heterocycles. The Hall–Kier alpha value is -3.24. The molecule has 3 aromatic rings. The van der Waals surface area contributed by atoms with E-state index in [1.165, 1.54) is 10.9 Å². The minimum absolute atomic E-state index is 0.0724. The van der Waals surface area contributed by atoms with Gasteiger partial charge < -0.3 is 20.7 Å². The van der Waals surface area contributed by atoms with Gasteiger partial charge in [-0.05, 0) is 43.7 Å². The van der Waals surface area contributed by atoms with E-state index in [0.29, 0.717) is 22.5 Å². The number of hydrogen-bond acceptors (Lipinski definition) is 5. The van der Waals surface area contributed by atoms with Crippen molar-refractivity contribution in [1.82, 2.24) is 25.3 Å². The minimum atomic E-state index is -0.802. The molecule has 1 atom stereocenters. The average molecular weight is 485 g/mol. The largest absolute Gasteiger partial charge is 0.389 e. The number of aromatic amines is 1. The van der Waals surface area contributed by atoms with Gasteiger partial charge in [-0.15, -0.1) is 5.10 Å². The highest BCUT2D eigenvalue weighted by Crippen LogP contribution is 2.35. The second-order valence-corrected chi connectivity index (χ2v) is 8.27. The molecule has 0 bridgehead atoms. The second kappa shape index (κ2) is 8.48. The number of aliphatic hydroxyl groups is 1. The van der Waals surface area contributed by atoms with Crippen molar-refractivity contribution in [1.29, 1.82) is 0 Å². The summed E-state index contributed by atoms with van der Waals surface area (Å²) in [5.41, 5.74) is 4.66. The molecule has 2 amide bonds. The number of aliphatic hydroxyl groups excluding tert-OH is 1. The number of aryl methyl sites for hydroxylation is 1. The van der Waals surface area contributed by atoms with E-state index in [-0.39, 0.29) is 24.9 Å². The van der Waals surface area contributed by atoms with Gasteiger partial charge in [0.05, 0.1) is 30.0 Å². The number of halogens is 1. The third-order valence-electron chi connectivity index (χ3n) is 5.12. The number of hydrogen-bond donors (Lipinski definition) is 4.